The summed E-state index contributed by atoms with van der Waals surface area (Å²) in [5.74, 6) is -0.226. The van der Waals surface area contributed by atoms with E-state index in [0.29, 0.717) is 11.3 Å². The van der Waals surface area contributed by atoms with E-state index in [1.807, 2.05) is 0 Å². The van der Waals surface area contributed by atoms with Crippen molar-refractivity contribution in [2.75, 3.05) is 12.4 Å². The second-order valence-corrected chi connectivity index (χ2v) is 4.81. The molecule has 8 nitrogen and oxygen atoms in total. The number of aromatic nitrogens is 1. The lowest BCUT2D eigenvalue weighted by molar-refractivity contribution is -0.384. The molecule has 2 aromatic rings. The van der Waals surface area contributed by atoms with Crippen LogP contribution in [0.3, 0.4) is 0 Å². The van der Waals surface area contributed by atoms with E-state index in [0.717, 1.165) is 0 Å². The molecule has 0 aliphatic heterocycles. The van der Waals surface area contributed by atoms with Crippen LogP contribution >= 0.6 is 0 Å². The van der Waals surface area contributed by atoms with Crippen molar-refractivity contribution in [1.82, 2.24) is 4.57 Å². The fourth-order valence-corrected chi connectivity index (χ4v) is 2.02. The first-order valence-electron chi connectivity index (χ1n) is 6.70. The van der Waals surface area contributed by atoms with Crippen LogP contribution in [-0.4, -0.2) is 22.5 Å². The number of carbonyl (C=O) groups excluding carboxylic acids is 1. The Kier molecular flexibility index (Phi) is 4.75. The minimum atomic E-state index is -0.614. The average Bonchev–Trinajstić information content (AvgIpc) is 2.52. The molecule has 1 heterocycles. The maximum absolute atomic E-state index is 12.0. The molecule has 23 heavy (non-hydrogen) atoms. The van der Waals surface area contributed by atoms with Gasteiger partial charge in [0, 0.05) is 11.8 Å². The van der Waals surface area contributed by atoms with Crippen molar-refractivity contribution < 1.29 is 14.5 Å². The van der Waals surface area contributed by atoms with Crippen LogP contribution in [0.2, 0.25) is 0 Å². The Morgan fingerprint density at radius 3 is 2.78 bits per heavy atom. The monoisotopic (exact) mass is 317 g/mol. The molecule has 0 spiro atoms. The standard InChI is InChI=1S/C15H15N3O5/c1-10-4-3-7-17(15(10)20)9-14(19)16-12-6-5-11(23-2)8-13(12)18(21)22/h3-8H,9H2,1-2H3,(H,16,19). The van der Waals surface area contributed by atoms with Crippen molar-refractivity contribution in [1.29, 1.82) is 0 Å². The molecule has 1 aromatic carbocycles. The second kappa shape index (κ2) is 6.73. The molecule has 1 amide bonds. The maximum atomic E-state index is 12.0. The molecule has 2 rings (SSSR count). The Labute approximate surface area is 131 Å². The van der Waals surface area contributed by atoms with Gasteiger partial charge >= 0.3 is 0 Å². The molecule has 0 saturated carbocycles. The largest absolute Gasteiger partial charge is 0.496 e. The lowest BCUT2D eigenvalue weighted by Crippen LogP contribution is -2.28. The highest BCUT2D eigenvalue weighted by Crippen LogP contribution is 2.28. The van der Waals surface area contributed by atoms with Crippen LogP contribution in [0.5, 0.6) is 5.75 Å². The van der Waals surface area contributed by atoms with Crippen LogP contribution in [0.25, 0.3) is 0 Å². The predicted molar refractivity (Wildman–Crippen MR) is 83.7 cm³/mol. The quantitative estimate of drug-likeness (QED) is 0.668. The first-order chi connectivity index (χ1) is 10.9. The number of hydrogen-bond donors (Lipinski definition) is 1. The number of benzene rings is 1. The molecule has 0 aliphatic rings. The number of aryl methyl sites for hydroxylation is 1. The molecule has 0 atom stereocenters. The van der Waals surface area contributed by atoms with Gasteiger partial charge in [0.15, 0.2) is 0 Å². The van der Waals surface area contributed by atoms with Gasteiger partial charge in [-0.05, 0) is 25.1 Å². The van der Waals surface area contributed by atoms with E-state index in [-0.39, 0.29) is 23.5 Å². The highest BCUT2D eigenvalue weighted by atomic mass is 16.6. The number of pyridine rings is 1. The lowest BCUT2D eigenvalue weighted by atomic mass is 10.2. The highest BCUT2D eigenvalue weighted by molar-refractivity contribution is 5.93. The number of methoxy groups -OCH3 is 1. The van der Waals surface area contributed by atoms with Crippen LogP contribution in [0.4, 0.5) is 11.4 Å². The van der Waals surface area contributed by atoms with Crippen molar-refractivity contribution in [3.8, 4) is 5.75 Å². The van der Waals surface area contributed by atoms with Crippen LogP contribution < -0.4 is 15.6 Å². The molecular weight excluding hydrogens is 302 g/mol. The smallest absolute Gasteiger partial charge is 0.296 e. The number of nitrogens with one attached hydrogen (secondary N) is 1. The van der Waals surface area contributed by atoms with Gasteiger partial charge in [0.25, 0.3) is 11.2 Å². The van der Waals surface area contributed by atoms with Crippen molar-refractivity contribution in [3.63, 3.8) is 0 Å². The Balaban J connectivity index is 2.22. The van der Waals surface area contributed by atoms with Gasteiger partial charge < -0.3 is 14.6 Å². The van der Waals surface area contributed by atoms with Gasteiger partial charge in [-0.1, -0.05) is 6.07 Å². The number of amides is 1. The summed E-state index contributed by atoms with van der Waals surface area (Å²) < 4.78 is 6.16. The number of rotatable bonds is 5. The summed E-state index contributed by atoms with van der Waals surface area (Å²) in [7, 11) is 1.39. The highest BCUT2D eigenvalue weighted by Gasteiger charge is 2.17. The third-order valence-electron chi connectivity index (χ3n) is 3.20. The van der Waals surface area contributed by atoms with Crippen molar-refractivity contribution in [2.45, 2.75) is 13.5 Å². The molecule has 0 bridgehead atoms. The summed E-state index contributed by atoms with van der Waals surface area (Å²) in [6.07, 6.45) is 1.48. The molecule has 0 aliphatic carbocycles. The third-order valence-corrected chi connectivity index (χ3v) is 3.20. The number of nitrogens with zero attached hydrogens (tertiary/aromatic N) is 2. The summed E-state index contributed by atoms with van der Waals surface area (Å²) in [5, 5.41) is 13.5. The Hall–Kier alpha value is -3.16. The maximum Gasteiger partial charge on any atom is 0.296 e. The predicted octanol–water partition coefficient (Wildman–Crippen LogP) is 1.71. The van der Waals surface area contributed by atoms with Gasteiger partial charge in [-0.3, -0.25) is 19.7 Å². The van der Waals surface area contributed by atoms with Crippen LogP contribution in [0.1, 0.15) is 5.56 Å². The minimum Gasteiger partial charge on any atom is -0.496 e. The number of carbonyl (C=O) groups is 1. The number of anilines is 1. The molecule has 0 unspecified atom stereocenters. The fraction of sp³-hybridized carbons (Fsp3) is 0.200. The van der Waals surface area contributed by atoms with Gasteiger partial charge in [-0.25, -0.2) is 0 Å². The zero-order valence-corrected chi connectivity index (χ0v) is 12.6. The van der Waals surface area contributed by atoms with Crippen molar-refractivity contribution in [3.05, 3.63) is 62.6 Å². The van der Waals surface area contributed by atoms with Crippen molar-refractivity contribution in [2.24, 2.45) is 0 Å². The molecule has 8 heteroatoms. The van der Waals surface area contributed by atoms with E-state index in [9.17, 15) is 19.7 Å². The third kappa shape index (κ3) is 3.73. The summed E-state index contributed by atoms with van der Waals surface area (Å²) in [6.45, 7) is 1.41. The van der Waals surface area contributed by atoms with Gasteiger partial charge in [-0.2, -0.15) is 0 Å². The fourth-order valence-electron chi connectivity index (χ4n) is 2.02. The van der Waals surface area contributed by atoms with E-state index < -0.39 is 10.8 Å². The number of hydrogen-bond acceptors (Lipinski definition) is 5. The first-order valence-corrected chi connectivity index (χ1v) is 6.70. The molecular formula is C15H15N3O5. The number of nitro benzene ring substituents is 1. The van der Waals surface area contributed by atoms with Crippen LogP contribution in [-0.2, 0) is 11.3 Å². The van der Waals surface area contributed by atoms with E-state index in [2.05, 4.69) is 5.32 Å². The van der Waals surface area contributed by atoms with Crippen LogP contribution in [0, 0.1) is 17.0 Å². The summed E-state index contributed by atoms with van der Waals surface area (Å²) in [5.41, 5.74) is -0.0154. The first kappa shape index (κ1) is 16.2. The second-order valence-electron chi connectivity index (χ2n) is 4.81. The van der Waals surface area contributed by atoms with Crippen molar-refractivity contribution >= 4 is 17.3 Å². The molecule has 1 aromatic heterocycles. The van der Waals surface area contributed by atoms with E-state index in [4.69, 9.17) is 4.74 Å². The Morgan fingerprint density at radius 2 is 2.13 bits per heavy atom. The SMILES string of the molecule is COc1ccc(NC(=O)Cn2cccc(C)c2=O)c([N+](=O)[O-])c1. The average molecular weight is 317 g/mol. The Bertz CT molecular complexity index is 813. The normalized spacial score (nSPS) is 10.2. The van der Waals surface area contributed by atoms with E-state index in [1.165, 1.54) is 36.1 Å². The van der Waals surface area contributed by atoms with E-state index in [1.54, 1.807) is 19.1 Å². The molecule has 0 saturated heterocycles. The van der Waals surface area contributed by atoms with Gasteiger partial charge in [-0.15, -0.1) is 0 Å². The zero-order valence-electron chi connectivity index (χ0n) is 12.6. The number of ether oxygens (including phenoxy) is 1. The molecule has 120 valence electrons. The lowest BCUT2D eigenvalue weighted by Gasteiger charge is -2.09. The number of nitro groups is 1. The summed E-state index contributed by atoms with van der Waals surface area (Å²) >= 11 is 0. The zero-order chi connectivity index (χ0) is 17.0. The van der Waals surface area contributed by atoms with Gasteiger partial charge in [0.05, 0.1) is 18.1 Å². The summed E-state index contributed by atoms with van der Waals surface area (Å²) in [6, 6.07) is 7.40. The molecule has 1 N–H and O–H groups in total. The van der Waals surface area contributed by atoms with E-state index >= 15 is 0 Å². The molecule has 0 radical (unpaired) electrons. The summed E-state index contributed by atoms with van der Waals surface area (Å²) in [4.78, 5) is 34.4. The molecule has 0 fully saturated rings. The van der Waals surface area contributed by atoms with Crippen LogP contribution in [0.15, 0.2) is 41.3 Å². The van der Waals surface area contributed by atoms with Gasteiger partial charge in [0.2, 0.25) is 5.91 Å². The topological polar surface area (TPSA) is 103 Å². The minimum absolute atomic E-state index is 0.0431. The Morgan fingerprint density at radius 1 is 1.39 bits per heavy atom. The van der Waals surface area contributed by atoms with Gasteiger partial charge in [0.1, 0.15) is 18.0 Å².